The van der Waals surface area contributed by atoms with E-state index in [2.05, 4.69) is 15.5 Å². The number of nitrogens with zero attached hydrogens (tertiary/aromatic N) is 3. The Balaban J connectivity index is 1.72. The molecule has 0 spiro atoms. The van der Waals surface area contributed by atoms with Gasteiger partial charge in [-0.25, -0.2) is 4.79 Å². The van der Waals surface area contributed by atoms with Gasteiger partial charge in [-0.1, -0.05) is 51.3 Å². The lowest BCUT2D eigenvalue weighted by atomic mass is 9.83. The summed E-state index contributed by atoms with van der Waals surface area (Å²) >= 11 is 1.44. The van der Waals surface area contributed by atoms with Crippen molar-refractivity contribution in [2.24, 2.45) is 11.8 Å². The third-order valence-corrected chi connectivity index (χ3v) is 7.28. The molecular weight excluding hydrogens is 468 g/mol. The van der Waals surface area contributed by atoms with Gasteiger partial charge in [-0.3, -0.25) is 14.9 Å². The van der Waals surface area contributed by atoms with Crippen LogP contribution in [-0.4, -0.2) is 56.9 Å². The highest BCUT2D eigenvalue weighted by Gasteiger charge is 2.39. The van der Waals surface area contributed by atoms with Crippen molar-refractivity contribution in [1.29, 1.82) is 0 Å². The maximum absolute atomic E-state index is 13.4. The summed E-state index contributed by atoms with van der Waals surface area (Å²) in [5.74, 6) is -1.36. The topological polar surface area (TPSA) is 115 Å². The van der Waals surface area contributed by atoms with Crippen LogP contribution < -0.4 is 5.32 Å². The van der Waals surface area contributed by atoms with Crippen molar-refractivity contribution in [3.05, 3.63) is 5.89 Å². The minimum Gasteiger partial charge on any atom is -0.444 e. The zero-order valence-corrected chi connectivity index (χ0v) is 22.5. The number of ether oxygens (including phenoxy) is 1. The number of carbonyl (C=O) groups excluding carboxylic acids is 3. The number of carbonyl (C=O) groups is 3. The molecule has 35 heavy (non-hydrogen) atoms. The largest absolute Gasteiger partial charge is 0.444 e. The van der Waals surface area contributed by atoms with Gasteiger partial charge in [0.25, 0.3) is 5.22 Å². The van der Waals surface area contributed by atoms with Crippen molar-refractivity contribution in [2.75, 3.05) is 13.1 Å². The summed E-state index contributed by atoms with van der Waals surface area (Å²) in [6, 6.07) is 0. The molecule has 1 N–H and O–H groups in total. The third-order valence-electron chi connectivity index (χ3n) is 6.44. The predicted octanol–water partition coefficient (Wildman–Crippen LogP) is 4.91. The van der Waals surface area contributed by atoms with Gasteiger partial charge in [-0.2, -0.15) is 0 Å². The van der Waals surface area contributed by atoms with Crippen LogP contribution in [0.4, 0.5) is 4.79 Å². The summed E-state index contributed by atoms with van der Waals surface area (Å²) in [4.78, 5) is 40.5. The third kappa shape index (κ3) is 8.22. The molecule has 1 atom stereocenters. The molecular formula is C25H40N4O5S. The molecule has 2 fully saturated rings. The number of amides is 3. The number of hydrogen-bond donors (Lipinski definition) is 1. The number of nitrogens with one attached hydrogen (secondary N) is 1. The van der Waals surface area contributed by atoms with Crippen LogP contribution in [-0.2, 0) is 14.3 Å². The number of likely N-dealkylation sites (tertiary alicyclic amines) is 1. The van der Waals surface area contributed by atoms with Crippen molar-refractivity contribution < 1.29 is 23.5 Å². The molecule has 1 unspecified atom stereocenters. The first kappa shape index (κ1) is 27.5. The second kappa shape index (κ2) is 12.2. The highest BCUT2D eigenvalue weighted by atomic mass is 32.2. The number of thioether (sulfide) groups is 1. The Labute approximate surface area is 212 Å². The van der Waals surface area contributed by atoms with E-state index in [0.29, 0.717) is 31.2 Å². The molecule has 2 heterocycles. The van der Waals surface area contributed by atoms with Crippen molar-refractivity contribution in [3.63, 3.8) is 0 Å². The Morgan fingerprint density at radius 3 is 2.23 bits per heavy atom. The molecule has 1 saturated carbocycles. The first-order valence-corrected chi connectivity index (χ1v) is 13.7. The predicted molar refractivity (Wildman–Crippen MR) is 133 cm³/mol. The maximum atomic E-state index is 13.4. The van der Waals surface area contributed by atoms with Crippen LogP contribution in [0.25, 0.3) is 0 Å². The van der Waals surface area contributed by atoms with Gasteiger partial charge in [0.15, 0.2) is 0 Å². The van der Waals surface area contributed by atoms with E-state index in [9.17, 15) is 14.4 Å². The van der Waals surface area contributed by atoms with Gasteiger partial charge in [0.1, 0.15) is 11.5 Å². The lowest BCUT2D eigenvalue weighted by Crippen LogP contribution is -2.46. The summed E-state index contributed by atoms with van der Waals surface area (Å²) in [6.07, 6.45) is 6.71. The Morgan fingerprint density at radius 2 is 1.66 bits per heavy atom. The van der Waals surface area contributed by atoms with Gasteiger partial charge < -0.3 is 14.1 Å². The molecule has 3 rings (SSSR count). The first-order valence-electron chi connectivity index (χ1n) is 12.9. The summed E-state index contributed by atoms with van der Waals surface area (Å²) in [5, 5.41) is 11.6. The highest BCUT2D eigenvalue weighted by molar-refractivity contribution is 7.99. The zero-order valence-electron chi connectivity index (χ0n) is 21.7. The smallest absolute Gasteiger partial charge is 0.410 e. The second-order valence-corrected chi connectivity index (χ2v) is 12.4. The Hall–Kier alpha value is -2.10. The molecule has 2 aliphatic rings. The van der Waals surface area contributed by atoms with E-state index in [1.165, 1.54) is 11.8 Å². The van der Waals surface area contributed by atoms with Gasteiger partial charge >= 0.3 is 6.09 Å². The van der Waals surface area contributed by atoms with Gasteiger partial charge in [-0.05, 0) is 52.4 Å². The van der Waals surface area contributed by atoms with E-state index in [1.54, 1.807) is 4.90 Å². The summed E-state index contributed by atoms with van der Waals surface area (Å²) in [5.41, 5.74) is -0.567. The zero-order chi connectivity index (χ0) is 25.6. The molecule has 1 saturated heterocycles. The van der Waals surface area contributed by atoms with E-state index in [4.69, 9.17) is 9.15 Å². The van der Waals surface area contributed by atoms with E-state index >= 15 is 0 Å². The fourth-order valence-corrected chi connectivity index (χ4v) is 5.33. The van der Waals surface area contributed by atoms with Crippen LogP contribution in [0, 0.1) is 11.8 Å². The van der Waals surface area contributed by atoms with Gasteiger partial charge in [0.05, 0.1) is 0 Å². The molecule has 0 radical (unpaired) electrons. The molecule has 0 aromatic carbocycles. The molecule has 1 aromatic rings. The highest BCUT2D eigenvalue weighted by Crippen LogP contribution is 2.35. The van der Waals surface area contributed by atoms with E-state index in [1.807, 2.05) is 34.6 Å². The standard InChI is InChI=1S/C25H40N4O5S/c1-16(2)35-23-28-27-22(33-23)19(21(31)26-20(30)18-10-8-6-7-9-11-18)17-12-14-29(15-13-17)24(32)34-25(3,4)5/h16-19H,6-15H2,1-5H3,(H,26,30,31). The van der Waals surface area contributed by atoms with Crippen LogP contribution in [0.3, 0.4) is 0 Å². The monoisotopic (exact) mass is 508 g/mol. The molecule has 10 heteroatoms. The Morgan fingerprint density at radius 1 is 1.03 bits per heavy atom. The van der Waals surface area contributed by atoms with Crippen LogP contribution in [0.5, 0.6) is 0 Å². The van der Waals surface area contributed by atoms with Crippen molar-refractivity contribution in [3.8, 4) is 0 Å². The van der Waals surface area contributed by atoms with E-state index in [-0.39, 0.29) is 40.9 Å². The molecule has 9 nitrogen and oxygen atoms in total. The second-order valence-electron chi connectivity index (χ2n) is 10.9. The molecule has 0 bridgehead atoms. The summed E-state index contributed by atoms with van der Waals surface area (Å²) < 4.78 is 11.4. The number of imide groups is 1. The fraction of sp³-hybridized carbons (Fsp3) is 0.800. The molecule has 1 aliphatic heterocycles. The SMILES string of the molecule is CC(C)Sc1nnc(C(C(=O)NC(=O)C2CCCCCC2)C2CCN(C(=O)OC(C)(C)C)CC2)o1. The quantitative estimate of drug-likeness (QED) is 0.426. The van der Waals surface area contributed by atoms with Crippen LogP contribution in [0.1, 0.15) is 97.8 Å². The van der Waals surface area contributed by atoms with Crippen LogP contribution in [0.2, 0.25) is 0 Å². The fourth-order valence-electron chi connectivity index (χ4n) is 4.71. The van der Waals surface area contributed by atoms with E-state index < -0.39 is 11.5 Å². The van der Waals surface area contributed by atoms with Crippen molar-refractivity contribution in [1.82, 2.24) is 20.4 Å². The summed E-state index contributed by atoms with van der Waals surface area (Å²) in [6.45, 7) is 10.5. The normalized spacial score (nSPS) is 19.3. The molecule has 1 aromatic heterocycles. The van der Waals surface area contributed by atoms with Gasteiger partial charge in [0, 0.05) is 24.3 Å². The van der Waals surface area contributed by atoms with Crippen molar-refractivity contribution in [2.45, 2.75) is 108 Å². The lowest BCUT2D eigenvalue weighted by molar-refractivity contribution is -0.135. The lowest BCUT2D eigenvalue weighted by Gasteiger charge is -2.35. The Bertz CT molecular complexity index is 865. The van der Waals surface area contributed by atoms with Gasteiger partial charge in [0.2, 0.25) is 17.7 Å². The Kier molecular flexibility index (Phi) is 9.61. The minimum absolute atomic E-state index is 0.132. The molecule has 196 valence electrons. The number of hydrogen-bond acceptors (Lipinski definition) is 8. The average Bonchev–Trinajstić information content (AvgIpc) is 3.03. The van der Waals surface area contributed by atoms with Crippen LogP contribution >= 0.6 is 11.8 Å². The van der Waals surface area contributed by atoms with Crippen LogP contribution in [0.15, 0.2) is 9.64 Å². The van der Waals surface area contributed by atoms with E-state index in [0.717, 1.165) is 38.5 Å². The van der Waals surface area contributed by atoms with Gasteiger partial charge in [-0.15, -0.1) is 10.2 Å². The first-order chi connectivity index (χ1) is 16.5. The maximum Gasteiger partial charge on any atom is 0.410 e. The number of piperidine rings is 1. The van der Waals surface area contributed by atoms with Crippen molar-refractivity contribution >= 4 is 29.7 Å². The molecule has 1 aliphatic carbocycles. The average molecular weight is 509 g/mol. The number of rotatable bonds is 6. The summed E-state index contributed by atoms with van der Waals surface area (Å²) in [7, 11) is 0. The minimum atomic E-state index is -0.737. The number of aromatic nitrogens is 2. The molecule has 3 amide bonds.